The van der Waals surface area contributed by atoms with Gasteiger partial charge in [0.25, 0.3) is 0 Å². The van der Waals surface area contributed by atoms with Crippen molar-refractivity contribution >= 4 is 0 Å². The predicted molar refractivity (Wildman–Crippen MR) is 61.9 cm³/mol. The summed E-state index contributed by atoms with van der Waals surface area (Å²) in [5.41, 5.74) is -0.00801. The van der Waals surface area contributed by atoms with E-state index in [4.69, 9.17) is 0 Å². The van der Waals surface area contributed by atoms with Gasteiger partial charge in [-0.15, -0.1) is 0 Å². The van der Waals surface area contributed by atoms with Crippen molar-refractivity contribution in [3.63, 3.8) is 0 Å². The van der Waals surface area contributed by atoms with Crippen molar-refractivity contribution in [2.45, 2.75) is 44.7 Å². The van der Waals surface area contributed by atoms with Gasteiger partial charge in [-0.2, -0.15) is 0 Å². The number of fused-ring (bicyclic) bond motifs is 3. The van der Waals surface area contributed by atoms with Gasteiger partial charge in [0.05, 0.1) is 12.1 Å². The van der Waals surface area contributed by atoms with Crippen molar-refractivity contribution < 1.29 is 5.11 Å². The zero-order chi connectivity index (χ0) is 10.9. The van der Waals surface area contributed by atoms with E-state index in [-0.39, 0.29) is 5.54 Å². The lowest BCUT2D eigenvalue weighted by Gasteiger charge is -2.54. The maximum Gasteiger partial charge on any atom is 0.0628 e. The molecule has 3 nitrogen and oxygen atoms in total. The minimum Gasteiger partial charge on any atom is -0.394 e. The van der Waals surface area contributed by atoms with E-state index < -0.39 is 0 Å². The quantitative estimate of drug-likeness (QED) is 0.724. The Kier molecular flexibility index (Phi) is 3.33. The Hall–Kier alpha value is -0.120. The first kappa shape index (κ1) is 11.4. The van der Waals surface area contributed by atoms with Crippen molar-refractivity contribution in [3.05, 3.63) is 0 Å². The van der Waals surface area contributed by atoms with E-state index in [0.717, 1.165) is 13.0 Å². The summed E-state index contributed by atoms with van der Waals surface area (Å²) in [6.07, 6.45) is 3.64. The Morgan fingerprint density at radius 3 is 2.53 bits per heavy atom. The van der Waals surface area contributed by atoms with E-state index in [1.807, 2.05) is 0 Å². The fourth-order valence-corrected chi connectivity index (χ4v) is 3.15. The summed E-state index contributed by atoms with van der Waals surface area (Å²) in [7, 11) is 0. The lowest BCUT2D eigenvalue weighted by molar-refractivity contribution is -0.0305. The van der Waals surface area contributed by atoms with Crippen LogP contribution in [-0.4, -0.2) is 47.8 Å². The van der Waals surface area contributed by atoms with Crippen molar-refractivity contribution in [2.24, 2.45) is 5.92 Å². The van der Waals surface area contributed by atoms with Gasteiger partial charge in [-0.1, -0.05) is 6.92 Å². The maximum absolute atomic E-state index is 9.72. The van der Waals surface area contributed by atoms with E-state index >= 15 is 0 Å². The van der Waals surface area contributed by atoms with Crippen LogP contribution in [-0.2, 0) is 0 Å². The summed E-state index contributed by atoms with van der Waals surface area (Å²) < 4.78 is 0. The SMILES string of the molecule is CCC(C)NC1(CO)CN2CCC1CC2. The molecule has 3 aliphatic rings. The molecule has 3 aliphatic heterocycles. The Labute approximate surface area is 92.8 Å². The third-order valence-corrected chi connectivity index (χ3v) is 4.30. The van der Waals surface area contributed by atoms with Gasteiger partial charge in [0, 0.05) is 12.6 Å². The summed E-state index contributed by atoms with van der Waals surface area (Å²) in [4.78, 5) is 2.49. The molecule has 3 heterocycles. The Bertz CT molecular complexity index is 214. The van der Waals surface area contributed by atoms with Crippen LogP contribution in [0.25, 0.3) is 0 Å². The van der Waals surface area contributed by atoms with Crippen molar-refractivity contribution in [1.29, 1.82) is 0 Å². The van der Waals surface area contributed by atoms with Crippen LogP contribution in [0, 0.1) is 5.92 Å². The van der Waals surface area contributed by atoms with Crippen LogP contribution in [0.4, 0.5) is 0 Å². The molecule has 0 radical (unpaired) electrons. The average molecular weight is 212 g/mol. The largest absolute Gasteiger partial charge is 0.394 e. The molecule has 88 valence electrons. The molecule has 3 heteroatoms. The fraction of sp³-hybridized carbons (Fsp3) is 1.00. The first-order valence-corrected chi connectivity index (χ1v) is 6.31. The fourth-order valence-electron chi connectivity index (χ4n) is 3.15. The van der Waals surface area contributed by atoms with Crippen LogP contribution in [0.2, 0.25) is 0 Å². The molecule has 2 N–H and O–H groups in total. The second-order valence-electron chi connectivity index (χ2n) is 5.32. The van der Waals surface area contributed by atoms with Gasteiger partial charge in [0.1, 0.15) is 0 Å². The third-order valence-electron chi connectivity index (χ3n) is 4.30. The molecule has 0 amide bonds. The number of aliphatic hydroxyl groups is 1. The number of hydrogen-bond donors (Lipinski definition) is 2. The summed E-state index contributed by atoms with van der Waals surface area (Å²) in [5, 5.41) is 13.4. The van der Waals surface area contributed by atoms with E-state index in [1.165, 1.54) is 25.9 Å². The van der Waals surface area contributed by atoms with Crippen molar-refractivity contribution in [2.75, 3.05) is 26.2 Å². The van der Waals surface area contributed by atoms with Crippen LogP contribution >= 0.6 is 0 Å². The molecule has 3 fully saturated rings. The second kappa shape index (κ2) is 4.40. The van der Waals surface area contributed by atoms with Crippen LogP contribution in [0.3, 0.4) is 0 Å². The molecular weight excluding hydrogens is 188 g/mol. The van der Waals surface area contributed by atoms with E-state index in [9.17, 15) is 5.11 Å². The van der Waals surface area contributed by atoms with Gasteiger partial charge >= 0.3 is 0 Å². The molecule has 2 atom stereocenters. The first-order chi connectivity index (χ1) is 7.20. The highest BCUT2D eigenvalue weighted by Gasteiger charge is 2.46. The van der Waals surface area contributed by atoms with Crippen molar-refractivity contribution in [1.82, 2.24) is 10.2 Å². The van der Waals surface area contributed by atoms with Gasteiger partial charge in [-0.25, -0.2) is 0 Å². The first-order valence-electron chi connectivity index (χ1n) is 6.31. The standard InChI is InChI=1S/C12H24N2O/c1-3-10(2)13-12(9-15)8-14-6-4-11(12)5-7-14/h10-11,13,15H,3-9H2,1-2H3. The molecule has 0 aromatic heterocycles. The van der Waals surface area contributed by atoms with Crippen LogP contribution in [0.5, 0.6) is 0 Å². The zero-order valence-electron chi connectivity index (χ0n) is 10.00. The Balaban J connectivity index is 2.07. The molecule has 0 aromatic carbocycles. The number of rotatable bonds is 4. The Morgan fingerprint density at radius 1 is 1.47 bits per heavy atom. The highest BCUT2D eigenvalue weighted by atomic mass is 16.3. The molecule has 0 aliphatic carbocycles. The number of aliphatic hydroxyl groups excluding tert-OH is 1. The summed E-state index contributed by atoms with van der Waals surface area (Å²) >= 11 is 0. The number of nitrogens with one attached hydrogen (secondary N) is 1. The van der Waals surface area contributed by atoms with E-state index in [1.54, 1.807) is 0 Å². The smallest absolute Gasteiger partial charge is 0.0628 e. The summed E-state index contributed by atoms with van der Waals surface area (Å²) in [6.45, 7) is 8.21. The highest BCUT2D eigenvalue weighted by Crippen LogP contribution is 2.35. The molecule has 0 saturated carbocycles. The van der Waals surface area contributed by atoms with Crippen LogP contribution in [0.15, 0.2) is 0 Å². The van der Waals surface area contributed by atoms with Gasteiger partial charge in [-0.3, -0.25) is 0 Å². The van der Waals surface area contributed by atoms with E-state index in [2.05, 4.69) is 24.1 Å². The van der Waals surface area contributed by atoms with Crippen molar-refractivity contribution in [3.8, 4) is 0 Å². The molecule has 15 heavy (non-hydrogen) atoms. The average Bonchev–Trinajstić information content (AvgIpc) is 2.30. The lowest BCUT2D eigenvalue weighted by Crippen LogP contribution is -2.69. The summed E-state index contributed by atoms with van der Waals surface area (Å²) in [6, 6.07) is 0.512. The normalized spacial score (nSPS) is 41.8. The minimum absolute atomic E-state index is 0.00801. The highest BCUT2D eigenvalue weighted by molar-refractivity contribution is 5.04. The second-order valence-corrected chi connectivity index (χ2v) is 5.32. The summed E-state index contributed by atoms with van der Waals surface area (Å²) in [5.74, 6) is 0.682. The number of piperidine rings is 3. The topological polar surface area (TPSA) is 35.5 Å². The van der Waals surface area contributed by atoms with E-state index in [0.29, 0.717) is 18.6 Å². The van der Waals surface area contributed by atoms with Crippen LogP contribution < -0.4 is 5.32 Å². The molecule has 2 bridgehead atoms. The molecule has 3 rings (SSSR count). The number of hydrogen-bond acceptors (Lipinski definition) is 3. The lowest BCUT2D eigenvalue weighted by atomic mass is 9.73. The van der Waals surface area contributed by atoms with Gasteiger partial charge in [0.2, 0.25) is 0 Å². The molecule has 3 saturated heterocycles. The Morgan fingerprint density at radius 2 is 2.13 bits per heavy atom. The maximum atomic E-state index is 9.72. The molecular formula is C12H24N2O. The van der Waals surface area contributed by atoms with Crippen LogP contribution in [0.1, 0.15) is 33.1 Å². The zero-order valence-corrected chi connectivity index (χ0v) is 10.00. The van der Waals surface area contributed by atoms with Gasteiger partial charge < -0.3 is 15.3 Å². The van der Waals surface area contributed by atoms with Gasteiger partial charge in [-0.05, 0) is 45.2 Å². The third kappa shape index (κ3) is 2.05. The number of nitrogens with zero attached hydrogens (tertiary/aromatic N) is 1. The molecule has 0 spiro atoms. The van der Waals surface area contributed by atoms with Gasteiger partial charge in [0.15, 0.2) is 0 Å². The molecule has 0 aromatic rings. The molecule has 2 unspecified atom stereocenters. The predicted octanol–water partition coefficient (Wildman–Crippen LogP) is 0.831. The monoisotopic (exact) mass is 212 g/mol. The minimum atomic E-state index is -0.00801.